The number of phenols is 1. The van der Waals surface area contributed by atoms with Gasteiger partial charge in [0.1, 0.15) is 22.9 Å². The molecule has 2 amide bonds. The molecule has 2 aromatic carbocycles. The Morgan fingerprint density at radius 2 is 1.78 bits per heavy atom. The van der Waals surface area contributed by atoms with E-state index in [1.807, 2.05) is 0 Å². The average Bonchev–Trinajstić information content (AvgIpc) is 3.33. The molecule has 1 unspecified atom stereocenters. The summed E-state index contributed by atoms with van der Waals surface area (Å²) >= 11 is 0.969. The molecule has 3 aromatic rings. The molecule has 4 rings (SSSR count). The minimum absolute atomic E-state index is 0.0160. The van der Waals surface area contributed by atoms with Crippen LogP contribution in [0.1, 0.15) is 50.2 Å². The molecule has 41 heavy (non-hydrogen) atoms. The summed E-state index contributed by atoms with van der Waals surface area (Å²) in [6.45, 7) is 2.61. The van der Waals surface area contributed by atoms with Gasteiger partial charge in [0.2, 0.25) is 5.91 Å². The van der Waals surface area contributed by atoms with Crippen molar-refractivity contribution in [3.05, 3.63) is 62.8 Å². The van der Waals surface area contributed by atoms with Crippen LogP contribution >= 0.6 is 11.3 Å². The molecule has 12 heteroatoms. The quantitative estimate of drug-likeness (QED) is 0.247. The number of aromatic nitrogens is 1. The molecule has 0 aliphatic heterocycles. The first kappa shape index (κ1) is 30.4. The third-order valence-electron chi connectivity index (χ3n) is 7.63. The molecule has 1 saturated carbocycles. The van der Waals surface area contributed by atoms with Crippen molar-refractivity contribution in [3.63, 3.8) is 0 Å². The van der Waals surface area contributed by atoms with Crippen LogP contribution in [0.4, 0.5) is 13.6 Å². The summed E-state index contributed by atoms with van der Waals surface area (Å²) in [6, 6.07) is 5.98. The van der Waals surface area contributed by atoms with Gasteiger partial charge in [-0.05, 0) is 68.5 Å². The van der Waals surface area contributed by atoms with Gasteiger partial charge in [0.15, 0.2) is 0 Å². The maximum absolute atomic E-state index is 13.6. The van der Waals surface area contributed by atoms with Crippen molar-refractivity contribution in [1.82, 2.24) is 20.1 Å². The van der Waals surface area contributed by atoms with Gasteiger partial charge in [0.25, 0.3) is 0 Å². The van der Waals surface area contributed by atoms with Crippen molar-refractivity contribution in [1.29, 1.82) is 0 Å². The normalized spacial score (nSPS) is 14.7. The number of hydrogen-bond acceptors (Lipinski definition) is 6. The Hall–Kier alpha value is -3.51. The number of nitrogens with one attached hydrogen (secondary N) is 2. The van der Waals surface area contributed by atoms with Crippen molar-refractivity contribution in [2.45, 2.75) is 64.0 Å². The molecular weight excluding hydrogens is 554 g/mol. The van der Waals surface area contributed by atoms with Gasteiger partial charge in [-0.25, -0.2) is 13.6 Å². The molecule has 0 radical (unpaired) electrons. The molecule has 9 nitrogen and oxygen atoms in total. The lowest BCUT2D eigenvalue weighted by molar-refractivity contribution is -0.136. The second kappa shape index (κ2) is 13.9. The number of carbonyl (C=O) groups excluding carboxylic acids is 1. The third kappa shape index (κ3) is 8.04. The highest BCUT2D eigenvalue weighted by Gasteiger charge is 2.29. The summed E-state index contributed by atoms with van der Waals surface area (Å²) in [5, 5.41) is 23.1. The second-order valence-corrected chi connectivity index (χ2v) is 11.5. The number of benzene rings is 2. The van der Waals surface area contributed by atoms with Gasteiger partial charge in [-0.3, -0.25) is 9.59 Å². The number of thiazole rings is 1. The molecule has 0 saturated heterocycles. The first-order valence-corrected chi connectivity index (χ1v) is 14.7. The Balaban J connectivity index is 1.39. The van der Waals surface area contributed by atoms with Crippen molar-refractivity contribution in [3.8, 4) is 5.75 Å². The summed E-state index contributed by atoms with van der Waals surface area (Å²) in [5.74, 6) is -1.46. The number of carboxylic acid groups (broad SMARTS) is 1. The molecule has 1 atom stereocenters. The van der Waals surface area contributed by atoms with Crippen LogP contribution in [0, 0.1) is 11.6 Å². The topological polar surface area (TPSA) is 126 Å². The largest absolute Gasteiger partial charge is 0.506 e. The van der Waals surface area contributed by atoms with Crippen LogP contribution in [-0.2, 0) is 17.6 Å². The molecule has 0 spiro atoms. The number of aromatic amines is 1. The van der Waals surface area contributed by atoms with Crippen LogP contribution in [-0.4, -0.2) is 75.3 Å². The lowest BCUT2D eigenvalue weighted by atomic mass is 9.93. The summed E-state index contributed by atoms with van der Waals surface area (Å²) in [6.07, 6.45) is 4.39. The number of nitrogens with zero attached hydrogens (tertiary/aromatic N) is 2. The van der Waals surface area contributed by atoms with Gasteiger partial charge < -0.3 is 30.3 Å². The Kier molecular flexibility index (Phi) is 10.3. The van der Waals surface area contributed by atoms with Gasteiger partial charge in [-0.15, -0.1) is 0 Å². The zero-order chi connectivity index (χ0) is 29.5. The van der Waals surface area contributed by atoms with E-state index in [2.05, 4.69) is 10.3 Å². The highest BCUT2D eigenvalue weighted by molar-refractivity contribution is 7.16. The van der Waals surface area contributed by atoms with Crippen molar-refractivity contribution >= 4 is 33.6 Å². The fraction of sp³-hybridized carbons (Fsp3) is 0.483. The number of halogens is 2. The molecule has 1 aromatic heterocycles. The fourth-order valence-corrected chi connectivity index (χ4v) is 6.34. The summed E-state index contributed by atoms with van der Waals surface area (Å²) in [7, 11) is 0. The molecule has 1 aliphatic carbocycles. The Morgan fingerprint density at radius 3 is 2.46 bits per heavy atom. The minimum Gasteiger partial charge on any atom is -0.506 e. The standard InChI is InChI=1S/C29H36F2N4O5S/c1-18(32-11-9-19-15-21(30)17-22(31)16-19)27(37)35(23-5-3-2-4-6-23)14-13-34(29(39)40)12-10-20-7-8-24(36)25-26(20)41-28(38)33-25/h7-8,15-18,23,32,36H,2-6,9-14H2,1H3,(H,33,38)(H,39,40). The van der Waals surface area contributed by atoms with Crippen LogP contribution < -0.4 is 10.2 Å². The number of fused-ring (bicyclic) bond motifs is 1. The minimum atomic E-state index is -1.10. The van der Waals surface area contributed by atoms with E-state index >= 15 is 0 Å². The highest BCUT2D eigenvalue weighted by atomic mass is 32.1. The Labute approximate surface area is 240 Å². The smallest absolute Gasteiger partial charge is 0.407 e. The monoisotopic (exact) mass is 590 g/mol. The molecule has 1 fully saturated rings. The van der Waals surface area contributed by atoms with Crippen LogP contribution in [0.25, 0.3) is 10.2 Å². The Bertz CT molecular complexity index is 1400. The number of phenolic OH excluding ortho intramolecular Hbond substituents is 1. The molecule has 1 aliphatic rings. The van der Waals surface area contributed by atoms with E-state index in [0.29, 0.717) is 35.2 Å². The van der Waals surface area contributed by atoms with Gasteiger partial charge >= 0.3 is 11.0 Å². The SMILES string of the molecule is CC(NCCc1cc(F)cc(F)c1)C(=O)N(CCN(CCc1ccc(O)c2[nH]c(=O)sc12)C(=O)O)C1CCCCC1. The third-order valence-corrected chi connectivity index (χ3v) is 8.58. The average molecular weight is 591 g/mol. The van der Waals surface area contributed by atoms with E-state index in [9.17, 15) is 33.4 Å². The van der Waals surface area contributed by atoms with Crippen LogP contribution in [0.5, 0.6) is 5.75 Å². The van der Waals surface area contributed by atoms with E-state index in [1.165, 1.54) is 23.1 Å². The lowest BCUT2D eigenvalue weighted by Gasteiger charge is -2.37. The first-order valence-electron chi connectivity index (χ1n) is 13.9. The van der Waals surface area contributed by atoms with Gasteiger partial charge in [-0.1, -0.05) is 36.7 Å². The van der Waals surface area contributed by atoms with Crippen LogP contribution in [0.2, 0.25) is 0 Å². The maximum atomic E-state index is 13.6. The molecular formula is C29H36F2N4O5S. The van der Waals surface area contributed by atoms with E-state index in [-0.39, 0.29) is 42.2 Å². The second-order valence-electron chi connectivity index (χ2n) is 10.5. The van der Waals surface area contributed by atoms with E-state index in [1.54, 1.807) is 17.9 Å². The zero-order valence-electron chi connectivity index (χ0n) is 23.0. The fourth-order valence-electron chi connectivity index (χ4n) is 5.45. The van der Waals surface area contributed by atoms with Gasteiger partial charge in [0, 0.05) is 31.7 Å². The van der Waals surface area contributed by atoms with Crippen molar-refractivity contribution in [2.24, 2.45) is 0 Å². The van der Waals surface area contributed by atoms with E-state index in [0.717, 1.165) is 55.1 Å². The van der Waals surface area contributed by atoms with Crippen molar-refractivity contribution < 1.29 is 28.6 Å². The predicted molar refractivity (Wildman–Crippen MR) is 154 cm³/mol. The lowest BCUT2D eigenvalue weighted by Crippen LogP contribution is -2.52. The maximum Gasteiger partial charge on any atom is 0.407 e. The molecule has 222 valence electrons. The summed E-state index contributed by atoms with van der Waals surface area (Å²) in [5.41, 5.74) is 1.59. The predicted octanol–water partition coefficient (Wildman–Crippen LogP) is 4.48. The van der Waals surface area contributed by atoms with E-state index < -0.39 is 23.8 Å². The highest BCUT2D eigenvalue weighted by Crippen LogP contribution is 2.28. The van der Waals surface area contributed by atoms with Crippen LogP contribution in [0.15, 0.2) is 35.1 Å². The van der Waals surface area contributed by atoms with Gasteiger partial charge in [-0.2, -0.15) is 0 Å². The number of rotatable bonds is 12. The van der Waals surface area contributed by atoms with Crippen LogP contribution in [0.3, 0.4) is 0 Å². The van der Waals surface area contributed by atoms with Crippen molar-refractivity contribution in [2.75, 3.05) is 26.2 Å². The van der Waals surface area contributed by atoms with E-state index in [4.69, 9.17) is 0 Å². The zero-order valence-corrected chi connectivity index (χ0v) is 23.8. The Morgan fingerprint density at radius 1 is 1.07 bits per heavy atom. The molecule has 4 N–H and O–H groups in total. The number of hydrogen-bond donors (Lipinski definition) is 4. The number of amides is 2. The molecule has 1 heterocycles. The number of H-pyrrole nitrogens is 1. The summed E-state index contributed by atoms with van der Waals surface area (Å²) in [4.78, 5) is 42.9. The number of carbonyl (C=O) groups is 2. The number of aromatic hydroxyl groups is 1. The van der Waals surface area contributed by atoms with Gasteiger partial charge in [0.05, 0.1) is 10.7 Å². The first-order chi connectivity index (χ1) is 19.6. The molecule has 0 bridgehead atoms. The summed E-state index contributed by atoms with van der Waals surface area (Å²) < 4.78 is 27.6.